The van der Waals surface area contributed by atoms with Crippen LogP contribution < -0.4 is 0 Å². The first-order valence-electron chi connectivity index (χ1n) is 6.68. The predicted octanol–water partition coefficient (Wildman–Crippen LogP) is 2.00. The van der Waals surface area contributed by atoms with Gasteiger partial charge in [-0.05, 0) is 50.5 Å². The van der Waals surface area contributed by atoms with Gasteiger partial charge in [-0.25, -0.2) is 12.8 Å². The maximum absolute atomic E-state index is 12.8. The first-order chi connectivity index (χ1) is 9.40. The van der Waals surface area contributed by atoms with E-state index < -0.39 is 21.4 Å². The molecule has 0 aliphatic carbocycles. The standard InChI is InChI=1S/C14H18FNO3S/c1-11-4-2-3-9-16(11)14(17)10-20(18,19)13-7-5-12(15)6-8-13/h5-8,11H,2-4,9-10H2,1H3. The van der Waals surface area contributed by atoms with Gasteiger partial charge in [0, 0.05) is 12.6 Å². The number of likely N-dealkylation sites (tertiary alicyclic amines) is 1. The molecule has 0 aromatic heterocycles. The molecule has 1 unspecified atom stereocenters. The number of nitrogens with zero attached hydrogens (tertiary/aromatic N) is 1. The van der Waals surface area contributed by atoms with Gasteiger partial charge in [0.05, 0.1) is 4.90 Å². The molecule has 1 atom stereocenters. The van der Waals surface area contributed by atoms with Crippen LogP contribution in [-0.2, 0) is 14.6 Å². The second-order valence-electron chi connectivity index (χ2n) is 5.14. The number of carbonyl (C=O) groups excluding carboxylic acids is 1. The maximum Gasteiger partial charge on any atom is 0.238 e. The Morgan fingerprint density at radius 1 is 1.30 bits per heavy atom. The van der Waals surface area contributed by atoms with Crippen LogP contribution in [0, 0.1) is 5.82 Å². The van der Waals surface area contributed by atoms with Gasteiger partial charge in [0.2, 0.25) is 5.91 Å². The molecule has 1 saturated heterocycles. The van der Waals surface area contributed by atoms with Crippen LogP contribution in [0.3, 0.4) is 0 Å². The molecule has 0 bridgehead atoms. The Hall–Kier alpha value is -1.43. The van der Waals surface area contributed by atoms with Gasteiger partial charge in [0.15, 0.2) is 9.84 Å². The molecular weight excluding hydrogens is 281 g/mol. The third kappa shape index (κ3) is 3.36. The maximum atomic E-state index is 12.8. The molecule has 1 heterocycles. The van der Waals surface area contributed by atoms with E-state index in [1.165, 1.54) is 12.1 Å². The van der Waals surface area contributed by atoms with Crippen molar-refractivity contribution in [3.8, 4) is 0 Å². The Balaban J connectivity index is 2.11. The van der Waals surface area contributed by atoms with Crippen LogP contribution in [0.2, 0.25) is 0 Å². The van der Waals surface area contributed by atoms with E-state index in [2.05, 4.69) is 0 Å². The van der Waals surface area contributed by atoms with Gasteiger partial charge < -0.3 is 4.90 Å². The van der Waals surface area contributed by atoms with Gasteiger partial charge in [-0.2, -0.15) is 0 Å². The zero-order valence-electron chi connectivity index (χ0n) is 11.4. The van der Waals surface area contributed by atoms with E-state index in [-0.39, 0.29) is 16.8 Å². The van der Waals surface area contributed by atoms with Crippen molar-refractivity contribution >= 4 is 15.7 Å². The predicted molar refractivity (Wildman–Crippen MR) is 73.5 cm³/mol. The number of amides is 1. The lowest BCUT2D eigenvalue weighted by Gasteiger charge is -2.33. The summed E-state index contributed by atoms with van der Waals surface area (Å²) in [5, 5.41) is 0. The summed E-state index contributed by atoms with van der Waals surface area (Å²) in [4.78, 5) is 13.7. The van der Waals surface area contributed by atoms with E-state index >= 15 is 0 Å². The third-order valence-electron chi connectivity index (χ3n) is 3.61. The highest BCUT2D eigenvalue weighted by atomic mass is 32.2. The van der Waals surface area contributed by atoms with E-state index in [0.717, 1.165) is 31.4 Å². The summed E-state index contributed by atoms with van der Waals surface area (Å²) >= 11 is 0. The highest BCUT2D eigenvalue weighted by Crippen LogP contribution is 2.18. The average molecular weight is 299 g/mol. The third-order valence-corrected chi connectivity index (χ3v) is 5.23. The Labute approximate surface area is 118 Å². The van der Waals surface area contributed by atoms with Crippen molar-refractivity contribution in [1.82, 2.24) is 4.90 Å². The summed E-state index contributed by atoms with van der Waals surface area (Å²) < 4.78 is 37.1. The van der Waals surface area contributed by atoms with Crippen LogP contribution in [0.4, 0.5) is 4.39 Å². The number of piperidine rings is 1. The lowest BCUT2D eigenvalue weighted by Crippen LogP contribution is -2.44. The summed E-state index contributed by atoms with van der Waals surface area (Å²) in [6, 6.07) is 4.64. The first kappa shape index (κ1) is 15.0. The number of benzene rings is 1. The van der Waals surface area contributed by atoms with Crippen molar-refractivity contribution in [1.29, 1.82) is 0 Å². The lowest BCUT2D eigenvalue weighted by atomic mass is 10.0. The molecule has 0 radical (unpaired) electrons. The van der Waals surface area contributed by atoms with Crippen LogP contribution in [0.1, 0.15) is 26.2 Å². The van der Waals surface area contributed by atoms with E-state index in [0.29, 0.717) is 6.54 Å². The van der Waals surface area contributed by atoms with Crippen molar-refractivity contribution in [3.05, 3.63) is 30.1 Å². The van der Waals surface area contributed by atoms with Gasteiger partial charge >= 0.3 is 0 Å². The van der Waals surface area contributed by atoms with Gasteiger partial charge in [0.1, 0.15) is 11.6 Å². The molecule has 1 aromatic rings. The molecule has 0 spiro atoms. The second kappa shape index (κ2) is 5.91. The Morgan fingerprint density at radius 2 is 1.95 bits per heavy atom. The van der Waals surface area contributed by atoms with Gasteiger partial charge in [0.25, 0.3) is 0 Å². The molecule has 110 valence electrons. The Bertz CT molecular complexity index is 583. The number of hydrogen-bond acceptors (Lipinski definition) is 3. The van der Waals surface area contributed by atoms with Crippen molar-refractivity contribution in [2.75, 3.05) is 12.3 Å². The zero-order chi connectivity index (χ0) is 14.8. The van der Waals surface area contributed by atoms with E-state index in [1.807, 2.05) is 6.92 Å². The fraction of sp³-hybridized carbons (Fsp3) is 0.500. The summed E-state index contributed by atoms with van der Waals surface area (Å²) in [5.74, 6) is -1.43. The molecular formula is C14H18FNO3S. The fourth-order valence-corrected chi connectivity index (χ4v) is 3.65. The van der Waals surface area contributed by atoms with Crippen molar-refractivity contribution < 1.29 is 17.6 Å². The second-order valence-corrected chi connectivity index (χ2v) is 7.13. The Morgan fingerprint density at radius 3 is 2.55 bits per heavy atom. The molecule has 1 amide bonds. The zero-order valence-corrected chi connectivity index (χ0v) is 12.2. The molecule has 0 saturated carbocycles. The molecule has 2 rings (SSSR count). The minimum Gasteiger partial charge on any atom is -0.339 e. The van der Waals surface area contributed by atoms with Crippen LogP contribution in [0.25, 0.3) is 0 Å². The highest BCUT2D eigenvalue weighted by molar-refractivity contribution is 7.92. The van der Waals surface area contributed by atoms with E-state index in [1.54, 1.807) is 4.90 Å². The molecule has 0 N–H and O–H groups in total. The average Bonchev–Trinajstić information content (AvgIpc) is 2.39. The monoisotopic (exact) mass is 299 g/mol. The minimum atomic E-state index is -3.71. The van der Waals surface area contributed by atoms with Crippen LogP contribution in [-0.4, -0.2) is 37.6 Å². The van der Waals surface area contributed by atoms with Crippen molar-refractivity contribution in [2.45, 2.75) is 37.1 Å². The number of sulfone groups is 1. The Kier molecular flexibility index (Phi) is 4.42. The molecule has 1 aliphatic heterocycles. The van der Waals surface area contributed by atoms with Crippen molar-refractivity contribution in [3.63, 3.8) is 0 Å². The van der Waals surface area contributed by atoms with Gasteiger partial charge in [-0.3, -0.25) is 4.79 Å². The molecule has 4 nitrogen and oxygen atoms in total. The number of carbonyl (C=O) groups is 1. The first-order valence-corrected chi connectivity index (χ1v) is 8.33. The smallest absolute Gasteiger partial charge is 0.238 e. The van der Waals surface area contributed by atoms with Crippen LogP contribution in [0.15, 0.2) is 29.2 Å². The summed E-state index contributed by atoms with van der Waals surface area (Å²) in [7, 11) is -3.71. The highest BCUT2D eigenvalue weighted by Gasteiger charge is 2.28. The minimum absolute atomic E-state index is 0.0167. The normalized spacial score (nSPS) is 19.9. The van der Waals surface area contributed by atoms with Crippen molar-refractivity contribution in [2.24, 2.45) is 0 Å². The molecule has 1 fully saturated rings. The molecule has 1 aromatic carbocycles. The largest absolute Gasteiger partial charge is 0.339 e. The fourth-order valence-electron chi connectivity index (χ4n) is 2.44. The molecule has 6 heteroatoms. The van der Waals surface area contributed by atoms with E-state index in [9.17, 15) is 17.6 Å². The van der Waals surface area contributed by atoms with Gasteiger partial charge in [-0.15, -0.1) is 0 Å². The molecule has 20 heavy (non-hydrogen) atoms. The topological polar surface area (TPSA) is 54.5 Å². The van der Waals surface area contributed by atoms with E-state index in [4.69, 9.17) is 0 Å². The molecule has 1 aliphatic rings. The lowest BCUT2D eigenvalue weighted by molar-refractivity contribution is -0.131. The summed E-state index contributed by atoms with van der Waals surface area (Å²) in [5.41, 5.74) is 0. The van der Waals surface area contributed by atoms with Gasteiger partial charge in [-0.1, -0.05) is 0 Å². The van der Waals surface area contributed by atoms with Crippen LogP contribution >= 0.6 is 0 Å². The summed E-state index contributed by atoms with van der Waals surface area (Å²) in [6.45, 7) is 2.54. The van der Waals surface area contributed by atoms with Crippen LogP contribution in [0.5, 0.6) is 0 Å². The summed E-state index contributed by atoms with van der Waals surface area (Å²) in [6.07, 6.45) is 2.88. The number of halogens is 1. The quantitative estimate of drug-likeness (QED) is 0.802. The SMILES string of the molecule is CC1CCCCN1C(=O)CS(=O)(=O)c1ccc(F)cc1. The number of rotatable bonds is 3. The number of hydrogen-bond donors (Lipinski definition) is 0.